The zero-order valence-electron chi connectivity index (χ0n) is 14.8. The van der Waals surface area contributed by atoms with Crippen LogP contribution in [-0.4, -0.2) is 43.1 Å². The summed E-state index contributed by atoms with van der Waals surface area (Å²) in [6.07, 6.45) is 0. The van der Waals surface area contributed by atoms with Crippen molar-refractivity contribution < 1.29 is 4.39 Å². The van der Waals surface area contributed by atoms with Gasteiger partial charge in [0.05, 0.1) is 0 Å². The van der Waals surface area contributed by atoms with E-state index in [0.717, 1.165) is 24.6 Å². The molecular weight excluding hydrogens is 406 g/mol. The van der Waals surface area contributed by atoms with E-state index in [2.05, 4.69) is 48.2 Å². The number of halogens is 2. The van der Waals surface area contributed by atoms with Gasteiger partial charge in [0.15, 0.2) is 5.96 Å². The number of aliphatic imine (C=N–C) groups is 1. The van der Waals surface area contributed by atoms with Crippen LogP contribution in [0.15, 0.2) is 29.3 Å². The summed E-state index contributed by atoms with van der Waals surface area (Å²) in [7, 11) is 1.74. The lowest BCUT2D eigenvalue weighted by atomic mass is 10.2. The molecule has 0 atom stereocenters. The van der Waals surface area contributed by atoms with Gasteiger partial charge in [-0.2, -0.15) is 0 Å². The smallest absolute Gasteiger partial charge is 0.191 e. The van der Waals surface area contributed by atoms with Gasteiger partial charge in [-0.05, 0) is 45.4 Å². The van der Waals surface area contributed by atoms with E-state index in [4.69, 9.17) is 0 Å². The van der Waals surface area contributed by atoms with Crippen molar-refractivity contribution in [2.75, 3.05) is 20.1 Å². The molecule has 0 saturated carbocycles. The van der Waals surface area contributed by atoms with Crippen molar-refractivity contribution in [3.63, 3.8) is 0 Å². The van der Waals surface area contributed by atoms with Gasteiger partial charge in [-0.25, -0.2) is 4.39 Å². The second kappa shape index (κ2) is 11.6. The van der Waals surface area contributed by atoms with Crippen molar-refractivity contribution in [2.24, 2.45) is 4.99 Å². The van der Waals surface area contributed by atoms with Crippen molar-refractivity contribution in [3.8, 4) is 0 Å². The maximum Gasteiger partial charge on any atom is 0.191 e. The van der Waals surface area contributed by atoms with E-state index >= 15 is 0 Å². The molecule has 0 spiro atoms. The molecule has 0 unspecified atom stereocenters. The first-order chi connectivity index (χ1) is 10.4. The minimum Gasteiger partial charge on any atom is -0.355 e. The number of benzene rings is 1. The zero-order chi connectivity index (χ0) is 16.5. The summed E-state index contributed by atoms with van der Waals surface area (Å²) in [5, 5.41) is 6.50. The molecule has 0 aliphatic carbocycles. The van der Waals surface area contributed by atoms with Crippen molar-refractivity contribution in [1.82, 2.24) is 15.5 Å². The third-order valence-corrected chi connectivity index (χ3v) is 3.56. The number of guanidine groups is 1. The Bertz CT molecular complexity index is 469. The highest BCUT2D eigenvalue weighted by molar-refractivity contribution is 14.0. The van der Waals surface area contributed by atoms with E-state index in [1.807, 2.05) is 6.07 Å². The van der Waals surface area contributed by atoms with Crippen LogP contribution in [0, 0.1) is 5.82 Å². The maximum absolute atomic E-state index is 13.1. The number of nitrogens with one attached hydrogen (secondary N) is 2. The van der Waals surface area contributed by atoms with Crippen LogP contribution < -0.4 is 10.6 Å². The first kappa shape index (κ1) is 22.1. The lowest BCUT2D eigenvalue weighted by molar-refractivity contribution is 0.178. The van der Waals surface area contributed by atoms with Crippen LogP contribution in [0.1, 0.15) is 33.3 Å². The van der Waals surface area contributed by atoms with Crippen molar-refractivity contribution >= 4 is 29.9 Å². The highest BCUT2D eigenvalue weighted by Gasteiger charge is 2.12. The molecule has 0 amide bonds. The molecular formula is C17H30FIN4. The molecule has 6 heteroatoms. The summed E-state index contributed by atoms with van der Waals surface area (Å²) in [4.78, 5) is 6.62. The van der Waals surface area contributed by atoms with E-state index in [1.165, 1.54) is 12.1 Å². The molecule has 0 saturated heterocycles. The largest absolute Gasteiger partial charge is 0.355 e. The fraction of sp³-hybridized carbons (Fsp3) is 0.588. The van der Waals surface area contributed by atoms with Crippen LogP contribution in [0.3, 0.4) is 0 Å². The lowest BCUT2D eigenvalue weighted by Crippen LogP contribution is -2.45. The highest BCUT2D eigenvalue weighted by Crippen LogP contribution is 2.04. The molecule has 0 aromatic heterocycles. The predicted octanol–water partition coefficient (Wildman–Crippen LogP) is 3.23. The van der Waals surface area contributed by atoms with Crippen LogP contribution in [0.5, 0.6) is 0 Å². The van der Waals surface area contributed by atoms with Gasteiger partial charge in [-0.1, -0.05) is 12.1 Å². The lowest BCUT2D eigenvalue weighted by Gasteiger charge is -2.30. The summed E-state index contributed by atoms with van der Waals surface area (Å²) in [6, 6.07) is 7.62. The number of hydrogen-bond donors (Lipinski definition) is 2. The summed E-state index contributed by atoms with van der Waals surface area (Å²) in [5.74, 6) is 0.517. The summed E-state index contributed by atoms with van der Waals surface area (Å²) < 4.78 is 13.1. The Balaban J connectivity index is 0.00000484. The van der Waals surface area contributed by atoms with E-state index in [9.17, 15) is 4.39 Å². The van der Waals surface area contributed by atoms with Crippen molar-refractivity contribution in [2.45, 2.75) is 46.3 Å². The van der Waals surface area contributed by atoms with E-state index in [1.54, 1.807) is 13.1 Å². The zero-order valence-corrected chi connectivity index (χ0v) is 17.1. The molecule has 0 aliphatic rings. The molecule has 0 heterocycles. The second-order valence-electron chi connectivity index (χ2n) is 5.91. The second-order valence-corrected chi connectivity index (χ2v) is 5.91. The van der Waals surface area contributed by atoms with Crippen molar-refractivity contribution in [3.05, 3.63) is 35.6 Å². The Morgan fingerprint density at radius 2 is 1.83 bits per heavy atom. The average Bonchev–Trinajstić information content (AvgIpc) is 2.45. The molecule has 2 N–H and O–H groups in total. The van der Waals surface area contributed by atoms with E-state index in [0.29, 0.717) is 18.6 Å². The Kier molecular flexibility index (Phi) is 11.2. The van der Waals surface area contributed by atoms with Gasteiger partial charge in [0.25, 0.3) is 0 Å². The fourth-order valence-electron chi connectivity index (χ4n) is 2.47. The quantitative estimate of drug-likeness (QED) is 0.392. The Labute approximate surface area is 157 Å². The molecule has 23 heavy (non-hydrogen) atoms. The molecule has 0 bridgehead atoms. The number of hydrogen-bond acceptors (Lipinski definition) is 2. The highest BCUT2D eigenvalue weighted by atomic mass is 127. The molecule has 0 aliphatic heterocycles. The average molecular weight is 436 g/mol. The van der Waals surface area contributed by atoms with Gasteiger partial charge >= 0.3 is 0 Å². The first-order valence-corrected chi connectivity index (χ1v) is 7.88. The summed E-state index contributed by atoms with van der Waals surface area (Å²) >= 11 is 0. The Morgan fingerprint density at radius 1 is 1.17 bits per heavy atom. The van der Waals surface area contributed by atoms with Gasteiger partial charge < -0.3 is 10.6 Å². The minimum atomic E-state index is -0.216. The van der Waals surface area contributed by atoms with E-state index < -0.39 is 0 Å². The maximum atomic E-state index is 13.1. The summed E-state index contributed by atoms with van der Waals surface area (Å²) in [5.41, 5.74) is 0.897. The van der Waals surface area contributed by atoms with Crippen LogP contribution in [0.4, 0.5) is 4.39 Å². The van der Waals surface area contributed by atoms with Gasteiger partial charge in [0.1, 0.15) is 5.82 Å². The predicted molar refractivity (Wildman–Crippen MR) is 107 cm³/mol. The normalized spacial score (nSPS) is 11.8. The van der Waals surface area contributed by atoms with Crippen LogP contribution in [0.25, 0.3) is 0 Å². The molecule has 1 aromatic carbocycles. The Hall–Kier alpha value is -0.890. The van der Waals surface area contributed by atoms with Gasteiger partial charge in [-0.3, -0.25) is 9.89 Å². The van der Waals surface area contributed by atoms with E-state index in [-0.39, 0.29) is 29.8 Å². The SMILES string of the molecule is CN=C(NCCN(C(C)C)C(C)C)NCc1cccc(F)c1.I. The molecule has 1 aromatic rings. The van der Waals surface area contributed by atoms with Crippen LogP contribution in [-0.2, 0) is 6.54 Å². The molecule has 0 fully saturated rings. The van der Waals surface area contributed by atoms with Crippen LogP contribution >= 0.6 is 24.0 Å². The van der Waals surface area contributed by atoms with Gasteiger partial charge in [-0.15, -0.1) is 24.0 Å². The third kappa shape index (κ3) is 8.50. The van der Waals surface area contributed by atoms with Gasteiger partial charge in [0.2, 0.25) is 0 Å². The Morgan fingerprint density at radius 3 is 2.35 bits per heavy atom. The standard InChI is InChI=1S/C17H29FN4.HI/c1-13(2)22(14(3)4)10-9-20-17(19-5)21-12-15-7-6-8-16(18)11-15;/h6-8,11,13-14H,9-10,12H2,1-5H3,(H2,19,20,21);1H. The first-order valence-electron chi connectivity index (χ1n) is 7.88. The molecule has 1 rings (SSSR count). The topological polar surface area (TPSA) is 39.7 Å². The number of nitrogens with zero attached hydrogens (tertiary/aromatic N) is 2. The number of rotatable bonds is 7. The minimum absolute atomic E-state index is 0. The van der Waals surface area contributed by atoms with Gasteiger partial charge in [0, 0.05) is 38.8 Å². The summed E-state index contributed by atoms with van der Waals surface area (Å²) in [6.45, 7) is 11.1. The van der Waals surface area contributed by atoms with Crippen LogP contribution in [0.2, 0.25) is 0 Å². The molecule has 132 valence electrons. The van der Waals surface area contributed by atoms with Crippen molar-refractivity contribution in [1.29, 1.82) is 0 Å². The third-order valence-electron chi connectivity index (χ3n) is 3.56. The molecule has 4 nitrogen and oxygen atoms in total. The monoisotopic (exact) mass is 436 g/mol. The fourth-order valence-corrected chi connectivity index (χ4v) is 2.47. The molecule has 0 radical (unpaired) electrons.